The SMILES string of the molecule is COC(=O)c1ccc(COC(=O)c2cc(Br)ccc2F)o1. The summed E-state index contributed by atoms with van der Waals surface area (Å²) in [4.78, 5) is 23.0. The van der Waals surface area contributed by atoms with Gasteiger partial charge in [-0.15, -0.1) is 0 Å². The summed E-state index contributed by atoms with van der Waals surface area (Å²) in [6.45, 7) is -0.220. The van der Waals surface area contributed by atoms with E-state index in [4.69, 9.17) is 9.15 Å². The highest BCUT2D eigenvalue weighted by atomic mass is 79.9. The maximum atomic E-state index is 13.5. The van der Waals surface area contributed by atoms with Crippen LogP contribution in [0.25, 0.3) is 0 Å². The van der Waals surface area contributed by atoms with Gasteiger partial charge >= 0.3 is 11.9 Å². The Hall–Kier alpha value is -2.15. The van der Waals surface area contributed by atoms with E-state index in [2.05, 4.69) is 20.7 Å². The Morgan fingerprint density at radius 1 is 1.24 bits per heavy atom. The van der Waals surface area contributed by atoms with Gasteiger partial charge in [-0.05, 0) is 30.3 Å². The number of rotatable bonds is 4. The van der Waals surface area contributed by atoms with E-state index in [0.29, 0.717) is 4.47 Å². The van der Waals surface area contributed by atoms with Crippen LogP contribution in [0.5, 0.6) is 0 Å². The first-order valence-electron chi connectivity index (χ1n) is 5.80. The van der Waals surface area contributed by atoms with Gasteiger partial charge in [-0.1, -0.05) is 15.9 Å². The van der Waals surface area contributed by atoms with Crippen LogP contribution in [0, 0.1) is 5.82 Å². The molecular weight excluding hydrogens is 347 g/mol. The Kier molecular flexibility index (Phi) is 4.74. The number of hydrogen-bond acceptors (Lipinski definition) is 5. The first-order chi connectivity index (χ1) is 10.0. The van der Waals surface area contributed by atoms with Crippen molar-refractivity contribution in [1.29, 1.82) is 0 Å². The summed E-state index contributed by atoms with van der Waals surface area (Å²) in [5, 5.41) is 0. The summed E-state index contributed by atoms with van der Waals surface area (Å²) in [5.41, 5.74) is -0.191. The molecule has 0 radical (unpaired) electrons. The maximum Gasteiger partial charge on any atom is 0.373 e. The molecule has 1 heterocycles. The number of hydrogen-bond donors (Lipinski definition) is 0. The number of carbonyl (C=O) groups excluding carboxylic acids is 2. The second-order valence-corrected chi connectivity index (χ2v) is 4.87. The molecule has 7 heteroatoms. The van der Waals surface area contributed by atoms with Crippen LogP contribution in [0.15, 0.2) is 39.2 Å². The Morgan fingerprint density at radius 3 is 2.71 bits per heavy atom. The van der Waals surface area contributed by atoms with Crippen LogP contribution in [-0.4, -0.2) is 19.0 Å². The number of ether oxygens (including phenoxy) is 2. The van der Waals surface area contributed by atoms with Gasteiger partial charge in [0.05, 0.1) is 12.7 Å². The molecule has 0 aliphatic rings. The lowest BCUT2D eigenvalue weighted by atomic mass is 10.2. The molecule has 1 aromatic carbocycles. The van der Waals surface area contributed by atoms with Crippen LogP contribution in [0.1, 0.15) is 26.7 Å². The molecule has 0 amide bonds. The van der Waals surface area contributed by atoms with Crippen molar-refractivity contribution < 1.29 is 27.9 Å². The van der Waals surface area contributed by atoms with Crippen LogP contribution in [0.2, 0.25) is 0 Å². The lowest BCUT2D eigenvalue weighted by Crippen LogP contribution is -2.07. The van der Waals surface area contributed by atoms with Gasteiger partial charge in [0.15, 0.2) is 0 Å². The zero-order valence-electron chi connectivity index (χ0n) is 10.9. The normalized spacial score (nSPS) is 10.2. The molecule has 0 bridgehead atoms. The third-order valence-corrected chi connectivity index (χ3v) is 3.04. The molecule has 0 spiro atoms. The van der Waals surface area contributed by atoms with E-state index >= 15 is 0 Å². The van der Waals surface area contributed by atoms with Crippen molar-refractivity contribution in [2.24, 2.45) is 0 Å². The largest absolute Gasteiger partial charge is 0.463 e. The van der Waals surface area contributed by atoms with Crippen molar-refractivity contribution in [3.63, 3.8) is 0 Å². The van der Waals surface area contributed by atoms with Gasteiger partial charge < -0.3 is 13.9 Å². The summed E-state index contributed by atoms with van der Waals surface area (Å²) in [6.07, 6.45) is 0. The predicted octanol–water partition coefficient (Wildman–Crippen LogP) is 3.32. The lowest BCUT2D eigenvalue weighted by molar-refractivity contribution is 0.0433. The van der Waals surface area contributed by atoms with Crippen LogP contribution in [0.3, 0.4) is 0 Å². The van der Waals surface area contributed by atoms with Crippen molar-refractivity contribution in [2.75, 3.05) is 7.11 Å². The summed E-state index contributed by atoms with van der Waals surface area (Å²) < 4.78 is 28.6. The molecule has 0 atom stereocenters. The smallest absolute Gasteiger partial charge is 0.373 e. The van der Waals surface area contributed by atoms with Crippen molar-refractivity contribution >= 4 is 27.9 Å². The summed E-state index contributed by atoms with van der Waals surface area (Å²) in [5.74, 6) is -1.90. The van der Waals surface area contributed by atoms with Gasteiger partial charge in [-0.25, -0.2) is 14.0 Å². The predicted molar refractivity (Wildman–Crippen MR) is 73.3 cm³/mol. The van der Waals surface area contributed by atoms with Crippen LogP contribution in [0.4, 0.5) is 4.39 Å². The van der Waals surface area contributed by atoms with Gasteiger partial charge in [-0.2, -0.15) is 0 Å². The third-order valence-electron chi connectivity index (χ3n) is 2.54. The average molecular weight is 357 g/mol. The fraction of sp³-hybridized carbons (Fsp3) is 0.143. The Balaban J connectivity index is 2.02. The molecule has 110 valence electrons. The van der Waals surface area contributed by atoms with E-state index in [1.807, 2.05) is 0 Å². The first kappa shape index (κ1) is 15.2. The summed E-state index contributed by atoms with van der Waals surface area (Å²) >= 11 is 3.14. The Morgan fingerprint density at radius 2 is 2.00 bits per heavy atom. The van der Waals surface area contributed by atoms with Gasteiger partial charge in [0, 0.05) is 4.47 Å². The van der Waals surface area contributed by atoms with E-state index in [1.165, 1.54) is 31.4 Å². The Labute approximate surface area is 127 Å². The minimum Gasteiger partial charge on any atom is -0.463 e. The standard InChI is InChI=1S/C14H10BrFO5/c1-19-14(18)12-5-3-9(21-12)7-20-13(17)10-6-8(15)2-4-11(10)16/h2-6H,7H2,1H3. The van der Waals surface area contributed by atoms with Crippen molar-refractivity contribution in [1.82, 2.24) is 0 Å². The number of esters is 2. The van der Waals surface area contributed by atoms with Gasteiger partial charge in [0.2, 0.25) is 5.76 Å². The van der Waals surface area contributed by atoms with E-state index in [0.717, 1.165) is 6.07 Å². The minimum atomic E-state index is -0.829. The van der Waals surface area contributed by atoms with Gasteiger partial charge in [-0.3, -0.25) is 0 Å². The summed E-state index contributed by atoms with van der Waals surface area (Å²) in [7, 11) is 1.22. The van der Waals surface area contributed by atoms with Crippen molar-refractivity contribution in [2.45, 2.75) is 6.61 Å². The highest BCUT2D eigenvalue weighted by molar-refractivity contribution is 9.10. The second-order valence-electron chi connectivity index (χ2n) is 3.96. The molecule has 5 nitrogen and oxygen atoms in total. The number of benzene rings is 1. The van der Waals surface area contributed by atoms with Gasteiger partial charge in [0.1, 0.15) is 18.2 Å². The number of carbonyl (C=O) groups is 2. The molecule has 0 aliphatic heterocycles. The third kappa shape index (κ3) is 3.69. The molecule has 1 aromatic heterocycles. The molecule has 0 unspecified atom stereocenters. The van der Waals surface area contributed by atoms with Crippen molar-refractivity contribution in [3.8, 4) is 0 Å². The fourth-order valence-electron chi connectivity index (χ4n) is 1.53. The van der Waals surface area contributed by atoms with E-state index in [9.17, 15) is 14.0 Å². The molecule has 21 heavy (non-hydrogen) atoms. The fourth-order valence-corrected chi connectivity index (χ4v) is 1.90. The Bertz CT molecular complexity index is 680. The molecule has 0 N–H and O–H groups in total. The lowest BCUT2D eigenvalue weighted by Gasteiger charge is -2.04. The average Bonchev–Trinajstić information content (AvgIpc) is 2.95. The highest BCUT2D eigenvalue weighted by Crippen LogP contribution is 2.17. The number of halogens is 2. The maximum absolute atomic E-state index is 13.5. The molecule has 2 rings (SSSR count). The van der Waals surface area contributed by atoms with Crippen LogP contribution >= 0.6 is 15.9 Å². The quantitative estimate of drug-likeness (QED) is 0.786. The number of furan rings is 1. The minimum absolute atomic E-state index is 0.00261. The molecular formula is C14H10BrFO5. The molecule has 0 aliphatic carbocycles. The second kappa shape index (κ2) is 6.53. The monoisotopic (exact) mass is 356 g/mol. The zero-order valence-corrected chi connectivity index (χ0v) is 12.5. The molecule has 2 aromatic rings. The molecule has 0 saturated heterocycles. The molecule has 0 fully saturated rings. The van der Waals surface area contributed by atoms with Crippen LogP contribution < -0.4 is 0 Å². The molecule has 0 saturated carbocycles. The zero-order chi connectivity index (χ0) is 15.4. The van der Waals surface area contributed by atoms with Crippen LogP contribution in [-0.2, 0) is 16.1 Å². The summed E-state index contributed by atoms with van der Waals surface area (Å²) in [6, 6.07) is 6.81. The topological polar surface area (TPSA) is 65.7 Å². The van der Waals surface area contributed by atoms with E-state index < -0.39 is 17.8 Å². The highest BCUT2D eigenvalue weighted by Gasteiger charge is 2.16. The van der Waals surface area contributed by atoms with Crippen molar-refractivity contribution in [3.05, 3.63) is 57.7 Å². The van der Waals surface area contributed by atoms with E-state index in [1.54, 1.807) is 0 Å². The number of methoxy groups -OCH3 is 1. The first-order valence-corrected chi connectivity index (χ1v) is 6.59. The van der Waals surface area contributed by atoms with Gasteiger partial charge in [0.25, 0.3) is 0 Å². The van der Waals surface area contributed by atoms with E-state index in [-0.39, 0.29) is 23.7 Å².